The first-order chi connectivity index (χ1) is 9.25. The van der Waals surface area contributed by atoms with E-state index in [-0.39, 0.29) is 5.28 Å². The van der Waals surface area contributed by atoms with Gasteiger partial charge in [-0.15, -0.1) is 0 Å². The quantitative estimate of drug-likeness (QED) is 0.635. The van der Waals surface area contributed by atoms with Gasteiger partial charge >= 0.3 is 0 Å². The number of fused-ring (bicyclic) bond motifs is 1. The van der Waals surface area contributed by atoms with Crippen LogP contribution in [0.5, 0.6) is 0 Å². The number of pyridine rings is 1. The summed E-state index contributed by atoms with van der Waals surface area (Å²) in [5, 5.41) is 0.246. The van der Waals surface area contributed by atoms with Crippen LogP contribution in [0.1, 0.15) is 13.8 Å². The maximum atomic E-state index is 5.80. The zero-order valence-electron chi connectivity index (χ0n) is 11.1. The standard InChI is InChI=1S/C12H9ClN4.C2H6/c1-17-7-8(9-4-6-15-12(13)16-9)11-10(17)3-2-5-14-11;1-2/h2-7H,1H3;1-2H3. The summed E-state index contributed by atoms with van der Waals surface area (Å²) in [7, 11) is 1.98. The average Bonchev–Trinajstić information content (AvgIpc) is 2.79. The molecule has 0 saturated carbocycles. The smallest absolute Gasteiger partial charge is 0.222 e. The number of rotatable bonds is 1. The van der Waals surface area contributed by atoms with Crippen molar-refractivity contribution < 1.29 is 0 Å². The lowest BCUT2D eigenvalue weighted by molar-refractivity contribution is 0.968. The summed E-state index contributed by atoms with van der Waals surface area (Å²) in [6, 6.07) is 5.77. The normalized spacial score (nSPS) is 10.1. The molecule has 0 aliphatic carbocycles. The first kappa shape index (κ1) is 13.5. The molecular formula is C14H15ClN4. The van der Waals surface area contributed by atoms with Crippen molar-refractivity contribution >= 4 is 22.6 Å². The topological polar surface area (TPSA) is 43.6 Å². The van der Waals surface area contributed by atoms with Gasteiger partial charge in [-0.2, -0.15) is 0 Å². The Bertz CT molecular complexity index is 691. The fourth-order valence-electron chi connectivity index (χ4n) is 1.89. The molecule has 3 rings (SSSR count). The second-order valence-corrected chi connectivity index (χ2v) is 4.07. The zero-order chi connectivity index (χ0) is 13.8. The number of aryl methyl sites for hydroxylation is 1. The summed E-state index contributed by atoms with van der Waals surface area (Å²) in [6.07, 6.45) is 5.41. The van der Waals surface area contributed by atoms with Crippen LogP contribution in [0.4, 0.5) is 0 Å². The molecule has 98 valence electrons. The highest BCUT2D eigenvalue weighted by atomic mass is 35.5. The van der Waals surface area contributed by atoms with Crippen LogP contribution < -0.4 is 0 Å². The molecule has 0 aromatic carbocycles. The maximum Gasteiger partial charge on any atom is 0.222 e. The van der Waals surface area contributed by atoms with E-state index in [2.05, 4.69) is 15.0 Å². The van der Waals surface area contributed by atoms with Gasteiger partial charge in [0.15, 0.2) is 0 Å². The molecule has 0 radical (unpaired) electrons. The van der Waals surface area contributed by atoms with Gasteiger partial charge in [0.25, 0.3) is 0 Å². The van der Waals surface area contributed by atoms with E-state index < -0.39 is 0 Å². The Labute approximate surface area is 117 Å². The van der Waals surface area contributed by atoms with E-state index in [1.807, 2.05) is 49.9 Å². The molecule has 3 aromatic heterocycles. The third-order valence-corrected chi connectivity index (χ3v) is 2.83. The predicted octanol–water partition coefficient (Wildman–Crippen LogP) is 3.71. The Morgan fingerprint density at radius 1 is 1.11 bits per heavy atom. The van der Waals surface area contributed by atoms with Crippen molar-refractivity contribution in [1.29, 1.82) is 0 Å². The summed E-state index contributed by atoms with van der Waals surface area (Å²) in [5.41, 5.74) is 3.74. The van der Waals surface area contributed by atoms with Gasteiger partial charge in [-0.3, -0.25) is 4.98 Å². The van der Waals surface area contributed by atoms with E-state index in [4.69, 9.17) is 11.6 Å². The van der Waals surface area contributed by atoms with Gasteiger partial charge in [-0.25, -0.2) is 9.97 Å². The van der Waals surface area contributed by atoms with Crippen molar-refractivity contribution in [3.8, 4) is 11.3 Å². The third kappa shape index (κ3) is 2.58. The van der Waals surface area contributed by atoms with Gasteiger partial charge in [-0.1, -0.05) is 13.8 Å². The summed E-state index contributed by atoms with van der Waals surface area (Å²) < 4.78 is 2.02. The van der Waals surface area contributed by atoms with Crippen molar-refractivity contribution in [2.24, 2.45) is 7.05 Å². The molecule has 0 bridgehead atoms. The molecule has 0 N–H and O–H groups in total. The minimum absolute atomic E-state index is 0.246. The first-order valence-electron chi connectivity index (χ1n) is 6.14. The Morgan fingerprint density at radius 2 is 1.89 bits per heavy atom. The number of aromatic nitrogens is 4. The molecular weight excluding hydrogens is 260 g/mol. The van der Waals surface area contributed by atoms with E-state index in [0.717, 1.165) is 22.3 Å². The average molecular weight is 275 g/mol. The monoisotopic (exact) mass is 274 g/mol. The molecule has 0 spiro atoms. The van der Waals surface area contributed by atoms with Gasteiger partial charge in [-0.05, 0) is 29.8 Å². The van der Waals surface area contributed by atoms with Crippen LogP contribution in [0.15, 0.2) is 36.8 Å². The Balaban J connectivity index is 0.000000637. The number of hydrogen-bond acceptors (Lipinski definition) is 3. The van der Waals surface area contributed by atoms with Gasteiger partial charge in [0.1, 0.15) is 0 Å². The summed E-state index contributed by atoms with van der Waals surface area (Å²) in [6.45, 7) is 4.00. The van der Waals surface area contributed by atoms with Crippen LogP contribution in [-0.2, 0) is 7.05 Å². The van der Waals surface area contributed by atoms with E-state index in [1.165, 1.54) is 0 Å². The molecule has 5 heteroatoms. The lowest BCUT2D eigenvalue weighted by atomic mass is 10.2. The van der Waals surface area contributed by atoms with Crippen LogP contribution >= 0.6 is 11.6 Å². The third-order valence-electron chi connectivity index (χ3n) is 2.65. The molecule has 19 heavy (non-hydrogen) atoms. The Morgan fingerprint density at radius 3 is 2.63 bits per heavy atom. The van der Waals surface area contributed by atoms with Gasteiger partial charge < -0.3 is 4.57 Å². The first-order valence-corrected chi connectivity index (χ1v) is 6.52. The lowest BCUT2D eigenvalue weighted by Gasteiger charge is -1.97. The highest BCUT2D eigenvalue weighted by Gasteiger charge is 2.10. The maximum absolute atomic E-state index is 5.80. The van der Waals surface area contributed by atoms with E-state index >= 15 is 0 Å². The van der Waals surface area contributed by atoms with E-state index in [1.54, 1.807) is 12.4 Å². The SMILES string of the molecule is CC.Cn1cc(-c2ccnc(Cl)n2)c2ncccc21. The molecule has 0 saturated heterocycles. The van der Waals surface area contributed by atoms with Crippen LogP contribution in [-0.4, -0.2) is 19.5 Å². The molecule has 0 aliphatic rings. The molecule has 0 aliphatic heterocycles. The van der Waals surface area contributed by atoms with Crippen molar-refractivity contribution in [2.45, 2.75) is 13.8 Å². The number of nitrogens with zero attached hydrogens (tertiary/aromatic N) is 4. The van der Waals surface area contributed by atoms with Gasteiger partial charge in [0.05, 0.1) is 16.7 Å². The van der Waals surface area contributed by atoms with Crippen molar-refractivity contribution in [2.75, 3.05) is 0 Å². The molecule has 0 amide bonds. The minimum Gasteiger partial charge on any atom is -0.349 e. The van der Waals surface area contributed by atoms with E-state index in [0.29, 0.717) is 0 Å². The van der Waals surface area contributed by atoms with Crippen LogP contribution in [0.3, 0.4) is 0 Å². The molecule has 4 nitrogen and oxygen atoms in total. The molecule has 3 aromatic rings. The zero-order valence-corrected chi connectivity index (χ0v) is 11.9. The van der Waals surface area contributed by atoms with Crippen molar-refractivity contribution in [3.05, 3.63) is 42.1 Å². The highest BCUT2D eigenvalue weighted by molar-refractivity contribution is 6.28. The van der Waals surface area contributed by atoms with Crippen LogP contribution in [0.2, 0.25) is 5.28 Å². The van der Waals surface area contributed by atoms with Crippen LogP contribution in [0.25, 0.3) is 22.3 Å². The molecule has 0 fully saturated rings. The molecule has 3 heterocycles. The lowest BCUT2D eigenvalue weighted by Crippen LogP contribution is -1.86. The largest absolute Gasteiger partial charge is 0.349 e. The number of halogens is 1. The van der Waals surface area contributed by atoms with Crippen molar-refractivity contribution in [1.82, 2.24) is 19.5 Å². The molecule has 0 unspecified atom stereocenters. The highest BCUT2D eigenvalue weighted by Crippen LogP contribution is 2.27. The summed E-state index contributed by atoms with van der Waals surface area (Å²) in [4.78, 5) is 12.5. The minimum atomic E-state index is 0.246. The summed E-state index contributed by atoms with van der Waals surface area (Å²) >= 11 is 5.80. The predicted molar refractivity (Wildman–Crippen MR) is 78.1 cm³/mol. The van der Waals surface area contributed by atoms with Crippen LogP contribution in [0, 0.1) is 0 Å². The Kier molecular flexibility index (Phi) is 4.12. The Hall–Kier alpha value is -1.94. The fraction of sp³-hybridized carbons (Fsp3) is 0.214. The van der Waals surface area contributed by atoms with Gasteiger partial charge in [0.2, 0.25) is 5.28 Å². The second kappa shape index (κ2) is 5.80. The van der Waals surface area contributed by atoms with E-state index in [9.17, 15) is 0 Å². The second-order valence-electron chi connectivity index (χ2n) is 3.74. The summed E-state index contributed by atoms with van der Waals surface area (Å²) in [5.74, 6) is 0. The van der Waals surface area contributed by atoms with Crippen molar-refractivity contribution in [3.63, 3.8) is 0 Å². The molecule has 0 atom stereocenters. The van der Waals surface area contributed by atoms with Gasteiger partial charge in [0, 0.05) is 31.2 Å². The fourth-order valence-corrected chi connectivity index (χ4v) is 2.03. The number of hydrogen-bond donors (Lipinski definition) is 0.